The Hall–Kier alpha value is -2.34. The molecular weight excluding hydrogens is 246 g/mol. The van der Waals surface area contributed by atoms with Crippen molar-refractivity contribution in [2.24, 2.45) is 0 Å². The van der Waals surface area contributed by atoms with E-state index in [1.807, 2.05) is 17.5 Å². The van der Waals surface area contributed by atoms with Crippen LogP contribution in [0.25, 0.3) is 11.3 Å². The molecule has 0 radical (unpaired) electrons. The van der Waals surface area contributed by atoms with Crippen LogP contribution in [0.4, 0.5) is 11.1 Å². The van der Waals surface area contributed by atoms with Crippen LogP contribution in [0.1, 0.15) is 0 Å². The van der Waals surface area contributed by atoms with Gasteiger partial charge in [0.05, 0.1) is 5.69 Å². The van der Waals surface area contributed by atoms with E-state index in [9.17, 15) is 0 Å². The summed E-state index contributed by atoms with van der Waals surface area (Å²) < 4.78 is 0. The Morgan fingerprint density at radius 3 is 2.72 bits per heavy atom. The summed E-state index contributed by atoms with van der Waals surface area (Å²) in [4.78, 5) is 16.7. The number of hydrogen-bond acceptors (Lipinski definition) is 6. The van der Waals surface area contributed by atoms with E-state index in [1.54, 1.807) is 30.9 Å². The fraction of sp³-hybridized carbons (Fsp3) is 0. The van der Waals surface area contributed by atoms with Crippen LogP contribution in [0, 0.1) is 0 Å². The number of thiazole rings is 1. The quantitative estimate of drug-likeness (QED) is 0.779. The van der Waals surface area contributed by atoms with Crippen molar-refractivity contribution in [3.05, 3.63) is 48.4 Å². The summed E-state index contributed by atoms with van der Waals surface area (Å²) in [5, 5.41) is 5.80. The maximum atomic E-state index is 4.46. The van der Waals surface area contributed by atoms with E-state index in [0.29, 0.717) is 5.95 Å². The molecule has 3 aromatic rings. The maximum Gasteiger partial charge on any atom is 0.228 e. The van der Waals surface area contributed by atoms with Crippen molar-refractivity contribution in [3.63, 3.8) is 0 Å². The number of hydrogen-bond donors (Lipinski definition) is 1. The lowest BCUT2D eigenvalue weighted by Gasteiger charge is -1.98. The Balaban J connectivity index is 1.82. The third kappa shape index (κ3) is 2.33. The van der Waals surface area contributed by atoms with Crippen molar-refractivity contribution in [2.45, 2.75) is 0 Å². The van der Waals surface area contributed by atoms with Crippen molar-refractivity contribution in [2.75, 3.05) is 5.32 Å². The molecule has 0 fully saturated rings. The molecule has 0 saturated heterocycles. The maximum absolute atomic E-state index is 4.46. The Kier molecular flexibility index (Phi) is 2.93. The molecular formula is C12H9N5S. The van der Waals surface area contributed by atoms with Crippen LogP contribution in [0.3, 0.4) is 0 Å². The minimum Gasteiger partial charge on any atom is -0.300 e. The number of pyridine rings is 1. The van der Waals surface area contributed by atoms with E-state index < -0.39 is 0 Å². The summed E-state index contributed by atoms with van der Waals surface area (Å²) in [6.45, 7) is 0. The first-order valence-electron chi connectivity index (χ1n) is 5.32. The molecule has 3 aromatic heterocycles. The molecule has 0 aromatic carbocycles. The number of rotatable bonds is 3. The molecule has 88 valence electrons. The average Bonchev–Trinajstić information content (AvgIpc) is 2.89. The third-order valence-electron chi connectivity index (χ3n) is 2.25. The highest BCUT2D eigenvalue weighted by molar-refractivity contribution is 7.14. The molecule has 0 aliphatic rings. The van der Waals surface area contributed by atoms with Crippen LogP contribution in [0.5, 0.6) is 0 Å². The van der Waals surface area contributed by atoms with Crippen LogP contribution >= 0.6 is 11.3 Å². The molecule has 0 saturated carbocycles. The normalized spacial score (nSPS) is 10.2. The molecule has 0 aliphatic carbocycles. The fourth-order valence-electron chi connectivity index (χ4n) is 1.44. The molecule has 0 amide bonds. The van der Waals surface area contributed by atoms with Gasteiger partial charge in [0, 0.05) is 35.7 Å². The Morgan fingerprint density at radius 1 is 1.06 bits per heavy atom. The highest BCUT2D eigenvalue weighted by atomic mass is 32.1. The molecule has 1 N–H and O–H groups in total. The predicted octanol–water partition coefficient (Wildman–Crippen LogP) is 2.74. The van der Waals surface area contributed by atoms with Crippen molar-refractivity contribution in [1.82, 2.24) is 19.9 Å². The summed E-state index contributed by atoms with van der Waals surface area (Å²) in [6, 6.07) is 5.64. The van der Waals surface area contributed by atoms with Gasteiger partial charge in [0.15, 0.2) is 5.13 Å². The van der Waals surface area contributed by atoms with Gasteiger partial charge in [0.1, 0.15) is 0 Å². The lowest BCUT2D eigenvalue weighted by atomic mass is 10.2. The monoisotopic (exact) mass is 255 g/mol. The number of nitrogens with one attached hydrogen (secondary N) is 1. The number of nitrogens with zero attached hydrogens (tertiary/aromatic N) is 4. The summed E-state index contributed by atoms with van der Waals surface area (Å²) in [5.74, 6) is 0.546. The van der Waals surface area contributed by atoms with Gasteiger partial charge in [-0.3, -0.25) is 4.98 Å². The van der Waals surface area contributed by atoms with Crippen LogP contribution in [0.15, 0.2) is 48.4 Å². The first-order valence-corrected chi connectivity index (χ1v) is 6.20. The van der Waals surface area contributed by atoms with E-state index in [0.717, 1.165) is 16.4 Å². The number of anilines is 2. The molecule has 6 heteroatoms. The summed E-state index contributed by atoms with van der Waals surface area (Å²) in [5.41, 5.74) is 1.89. The highest BCUT2D eigenvalue weighted by Gasteiger charge is 2.05. The molecule has 0 atom stereocenters. The van der Waals surface area contributed by atoms with Crippen LogP contribution in [-0.2, 0) is 0 Å². The molecule has 0 spiro atoms. The Labute approximate surface area is 108 Å². The van der Waals surface area contributed by atoms with Crippen LogP contribution in [0.2, 0.25) is 0 Å². The topological polar surface area (TPSA) is 63.6 Å². The predicted molar refractivity (Wildman–Crippen MR) is 70.7 cm³/mol. The van der Waals surface area contributed by atoms with Gasteiger partial charge in [0.2, 0.25) is 5.95 Å². The van der Waals surface area contributed by atoms with E-state index in [-0.39, 0.29) is 0 Å². The van der Waals surface area contributed by atoms with Gasteiger partial charge in [-0.25, -0.2) is 15.0 Å². The summed E-state index contributed by atoms with van der Waals surface area (Å²) in [6.07, 6.45) is 6.90. The Morgan fingerprint density at radius 2 is 1.94 bits per heavy atom. The molecule has 0 bridgehead atoms. The summed E-state index contributed by atoms with van der Waals surface area (Å²) in [7, 11) is 0. The van der Waals surface area contributed by atoms with E-state index >= 15 is 0 Å². The van der Waals surface area contributed by atoms with E-state index in [2.05, 4.69) is 25.3 Å². The second kappa shape index (κ2) is 4.89. The minimum absolute atomic E-state index is 0.546. The first-order chi connectivity index (χ1) is 8.92. The zero-order valence-electron chi connectivity index (χ0n) is 9.32. The third-order valence-corrected chi connectivity index (χ3v) is 3.00. The summed E-state index contributed by atoms with van der Waals surface area (Å²) >= 11 is 1.51. The van der Waals surface area contributed by atoms with E-state index in [4.69, 9.17) is 0 Å². The van der Waals surface area contributed by atoms with Gasteiger partial charge in [-0.2, -0.15) is 0 Å². The van der Waals surface area contributed by atoms with Crippen molar-refractivity contribution >= 4 is 22.4 Å². The average molecular weight is 255 g/mol. The van der Waals surface area contributed by atoms with Crippen LogP contribution in [-0.4, -0.2) is 19.9 Å². The van der Waals surface area contributed by atoms with Gasteiger partial charge in [0.25, 0.3) is 0 Å². The largest absolute Gasteiger partial charge is 0.300 e. The molecule has 5 nitrogen and oxygen atoms in total. The molecule has 0 unspecified atom stereocenters. The zero-order valence-corrected chi connectivity index (χ0v) is 10.1. The molecule has 3 rings (SSSR count). The molecule has 0 aliphatic heterocycles. The van der Waals surface area contributed by atoms with Gasteiger partial charge < -0.3 is 5.32 Å². The van der Waals surface area contributed by atoms with Crippen molar-refractivity contribution < 1.29 is 0 Å². The SMILES string of the molecule is c1cnc(Nc2nc(-c3cccnc3)cs2)nc1. The van der Waals surface area contributed by atoms with Gasteiger partial charge in [-0.15, -0.1) is 11.3 Å². The van der Waals surface area contributed by atoms with Gasteiger partial charge in [-0.1, -0.05) is 0 Å². The second-order valence-corrected chi connectivity index (χ2v) is 4.34. The number of aromatic nitrogens is 4. The van der Waals surface area contributed by atoms with E-state index in [1.165, 1.54) is 11.3 Å². The highest BCUT2D eigenvalue weighted by Crippen LogP contribution is 2.25. The van der Waals surface area contributed by atoms with Gasteiger partial charge >= 0.3 is 0 Å². The Bertz CT molecular complexity index is 623. The lowest BCUT2D eigenvalue weighted by molar-refractivity contribution is 1.16. The van der Waals surface area contributed by atoms with Crippen molar-refractivity contribution in [3.8, 4) is 11.3 Å². The standard InChI is InChI=1S/C12H9N5S/c1-3-9(7-13-4-1)10-8-18-12(16-10)17-11-14-5-2-6-15-11/h1-8H,(H,14,15,16,17). The zero-order chi connectivity index (χ0) is 12.2. The molecule has 3 heterocycles. The van der Waals surface area contributed by atoms with Gasteiger partial charge in [-0.05, 0) is 18.2 Å². The minimum atomic E-state index is 0.546. The fourth-order valence-corrected chi connectivity index (χ4v) is 2.15. The smallest absolute Gasteiger partial charge is 0.228 e. The first kappa shape index (κ1) is 10.8. The second-order valence-electron chi connectivity index (χ2n) is 3.48. The van der Waals surface area contributed by atoms with Crippen molar-refractivity contribution in [1.29, 1.82) is 0 Å². The lowest BCUT2D eigenvalue weighted by Crippen LogP contribution is -1.94. The molecule has 18 heavy (non-hydrogen) atoms. The van der Waals surface area contributed by atoms with Crippen LogP contribution < -0.4 is 5.32 Å².